The van der Waals surface area contributed by atoms with Gasteiger partial charge in [-0.1, -0.05) is 13.8 Å². The molecule has 0 aliphatic rings. The number of aromatic nitrogens is 4. The number of benzene rings is 1. The maximum absolute atomic E-state index is 11.8. The molecule has 0 saturated carbocycles. The fourth-order valence-electron chi connectivity index (χ4n) is 3.73. The molecule has 3 rings (SSSR count). The molecule has 0 saturated heterocycles. The van der Waals surface area contributed by atoms with Crippen molar-refractivity contribution in [2.75, 3.05) is 30.8 Å². The molecule has 0 fully saturated rings. The topological polar surface area (TPSA) is 118 Å². The smallest absolute Gasteiger partial charge is 0.220 e. The number of hydrogen-bond donors (Lipinski definition) is 4. The van der Waals surface area contributed by atoms with Gasteiger partial charge in [0.15, 0.2) is 10.9 Å². The zero-order chi connectivity index (χ0) is 25.5. The van der Waals surface area contributed by atoms with Crippen molar-refractivity contribution < 1.29 is 9.53 Å². The number of methoxy groups -OCH3 is 1. The Morgan fingerprint density at radius 3 is 2.57 bits per heavy atom. The van der Waals surface area contributed by atoms with E-state index in [1.165, 1.54) is 0 Å². The first-order valence-electron chi connectivity index (χ1n) is 12.0. The van der Waals surface area contributed by atoms with E-state index < -0.39 is 0 Å². The zero-order valence-electron chi connectivity index (χ0n) is 21.4. The quantitative estimate of drug-likeness (QED) is 0.231. The van der Waals surface area contributed by atoms with E-state index in [0.29, 0.717) is 47.8 Å². The van der Waals surface area contributed by atoms with Crippen LogP contribution in [0.4, 0.5) is 11.5 Å². The van der Waals surface area contributed by atoms with Gasteiger partial charge in [-0.15, -0.1) is 10.2 Å². The van der Waals surface area contributed by atoms with Crippen LogP contribution in [0.2, 0.25) is 0 Å². The largest absolute Gasteiger partial charge is 0.494 e. The summed E-state index contributed by atoms with van der Waals surface area (Å²) < 4.78 is 7.58. The molecule has 0 aliphatic heterocycles. The summed E-state index contributed by atoms with van der Waals surface area (Å²) in [6, 6.07) is 4.03. The van der Waals surface area contributed by atoms with Crippen molar-refractivity contribution in [2.24, 2.45) is 5.92 Å². The van der Waals surface area contributed by atoms with E-state index in [-0.39, 0.29) is 11.9 Å². The number of carbonyl (C=O) groups excluding carboxylic acids is 1. The number of nitrogens with one attached hydrogen (secondary N) is 4. The number of thiocarbonyl (C=S) groups is 1. The van der Waals surface area contributed by atoms with Crippen molar-refractivity contribution in [1.29, 1.82) is 0 Å². The molecule has 0 bridgehead atoms. The van der Waals surface area contributed by atoms with Gasteiger partial charge < -0.3 is 26.0 Å². The lowest BCUT2D eigenvalue weighted by Gasteiger charge is -2.17. The minimum atomic E-state index is 0.105. The molecule has 1 amide bonds. The van der Waals surface area contributed by atoms with Crippen molar-refractivity contribution in [3.05, 3.63) is 18.0 Å². The molecule has 2 heterocycles. The summed E-state index contributed by atoms with van der Waals surface area (Å²) in [6.45, 7) is 11.4. The second-order valence-corrected chi connectivity index (χ2v) is 9.65. The third-order valence-electron chi connectivity index (χ3n) is 5.29. The van der Waals surface area contributed by atoms with E-state index >= 15 is 0 Å². The molecular weight excluding hydrogens is 464 g/mol. The van der Waals surface area contributed by atoms with Gasteiger partial charge in [-0.25, -0.2) is 4.98 Å². The molecule has 10 nitrogen and oxygen atoms in total. The number of hydrogen-bond acceptors (Lipinski definition) is 7. The predicted molar refractivity (Wildman–Crippen MR) is 144 cm³/mol. The molecule has 0 unspecified atom stereocenters. The van der Waals surface area contributed by atoms with Crippen molar-refractivity contribution in [3.8, 4) is 5.75 Å². The molecule has 0 atom stereocenters. The third-order valence-corrected chi connectivity index (χ3v) is 5.51. The van der Waals surface area contributed by atoms with Crippen LogP contribution in [0.5, 0.6) is 5.75 Å². The molecule has 0 aliphatic carbocycles. The summed E-state index contributed by atoms with van der Waals surface area (Å²) >= 11 is 5.42. The van der Waals surface area contributed by atoms with Crippen LogP contribution < -0.4 is 26.0 Å². The molecule has 0 spiro atoms. The first-order valence-corrected chi connectivity index (χ1v) is 12.4. The molecule has 4 N–H and O–H groups in total. The van der Waals surface area contributed by atoms with E-state index in [1.54, 1.807) is 7.11 Å². The van der Waals surface area contributed by atoms with Gasteiger partial charge in [0.25, 0.3) is 0 Å². The first kappa shape index (κ1) is 26.4. The average molecular weight is 501 g/mol. The zero-order valence-corrected chi connectivity index (χ0v) is 22.2. The fraction of sp³-hybridized carbons (Fsp3) is 0.542. The van der Waals surface area contributed by atoms with Crippen LogP contribution in [0.25, 0.3) is 16.7 Å². The Balaban J connectivity index is 1.77. The number of anilines is 2. The number of unbranched alkanes of at least 4 members (excludes halogenated alkanes) is 1. The molecule has 11 heteroatoms. The highest BCUT2D eigenvalue weighted by Gasteiger charge is 2.16. The van der Waals surface area contributed by atoms with Gasteiger partial charge in [0.05, 0.1) is 23.8 Å². The Bertz CT molecular complexity index is 1190. The second-order valence-electron chi connectivity index (χ2n) is 9.24. The van der Waals surface area contributed by atoms with Crippen molar-refractivity contribution >= 4 is 51.4 Å². The standard InChI is InChI=1S/C24H36N8O2S/c1-14(2)11-21(33)25-9-7-8-10-26-22-23-31-30-16(5)32(23)19-12-18(29-24(35)27-15(3)4)20(34-6)13-17(19)28-22/h12-15H,7-11H2,1-6H3,(H,25,33)(H,26,28)(H2,27,29,35). The first-order chi connectivity index (χ1) is 16.7. The highest BCUT2D eigenvalue weighted by Crippen LogP contribution is 2.32. The maximum Gasteiger partial charge on any atom is 0.220 e. The lowest BCUT2D eigenvalue weighted by molar-refractivity contribution is -0.121. The second kappa shape index (κ2) is 12.0. The van der Waals surface area contributed by atoms with Crippen LogP contribution in [-0.2, 0) is 4.79 Å². The Labute approximate surface area is 211 Å². The lowest BCUT2D eigenvalue weighted by Crippen LogP contribution is -2.34. The summed E-state index contributed by atoms with van der Waals surface area (Å²) in [4.78, 5) is 16.6. The number of amides is 1. The van der Waals surface area contributed by atoms with E-state index in [9.17, 15) is 4.79 Å². The van der Waals surface area contributed by atoms with E-state index in [2.05, 4.69) is 31.5 Å². The number of aryl methyl sites for hydroxylation is 1. The summed E-state index contributed by atoms with van der Waals surface area (Å²) in [5, 5.41) is 21.9. The molecular formula is C24H36N8O2S. The van der Waals surface area contributed by atoms with Crippen LogP contribution in [0.3, 0.4) is 0 Å². The Kier molecular flexibility index (Phi) is 9.02. The molecule has 2 aromatic heterocycles. The minimum Gasteiger partial charge on any atom is -0.494 e. The van der Waals surface area contributed by atoms with E-state index in [4.69, 9.17) is 21.9 Å². The number of fused-ring (bicyclic) bond motifs is 3. The molecule has 1 aromatic carbocycles. The fourth-order valence-corrected chi connectivity index (χ4v) is 4.08. The summed E-state index contributed by atoms with van der Waals surface area (Å²) in [5.41, 5.74) is 2.97. The predicted octanol–water partition coefficient (Wildman–Crippen LogP) is 3.64. The number of carbonyl (C=O) groups is 1. The molecule has 190 valence electrons. The van der Waals surface area contributed by atoms with Crippen LogP contribution in [0.1, 0.15) is 52.8 Å². The van der Waals surface area contributed by atoms with Gasteiger partial charge >= 0.3 is 0 Å². The van der Waals surface area contributed by atoms with E-state index in [0.717, 1.165) is 35.4 Å². The van der Waals surface area contributed by atoms with Crippen molar-refractivity contribution in [2.45, 2.75) is 59.9 Å². The Morgan fingerprint density at radius 1 is 1.14 bits per heavy atom. The third kappa shape index (κ3) is 6.91. The van der Waals surface area contributed by atoms with Crippen LogP contribution in [0.15, 0.2) is 12.1 Å². The van der Waals surface area contributed by atoms with Crippen LogP contribution in [-0.4, -0.2) is 56.8 Å². The van der Waals surface area contributed by atoms with Crippen molar-refractivity contribution in [3.63, 3.8) is 0 Å². The molecule has 35 heavy (non-hydrogen) atoms. The normalized spacial score (nSPS) is 11.3. The van der Waals surface area contributed by atoms with E-state index in [1.807, 2.05) is 51.2 Å². The number of ether oxygens (including phenoxy) is 1. The van der Waals surface area contributed by atoms with Gasteiger partial charge in [-0.2, -0.15) is 0 Å². The minimum absolute atomic E-state index is 0.105. The monoisotopic (exact) mass is 500 g/mol. The highest BCUT2D eigenvalue weighted by atomic mass is 32.1. The summed E-state index contributed by atoms with van der Waals surface area (Å²) in [6.07, 6.45) is 2.32. The van der Waals surface area contributed by atoms with Crippen molar-refractivity contribution in [1.82, 2.24) is 30.2 Å². The highest BCUT2D eigenvalue weighted by molar-refractivity contribution is 7.80. The van der Waals surface area contributed by atoms with Gasteiger partial charge in [0.1, 0.15) is 11.6 Å². The van der Waals surface area contributed by atoms with Gasteiger partial charge in [0.2, 0.25) is 11.6 Å². The van der Waals surface area contributed by atoms with Gasteiger partial charge in [-0.05, 0) is 57.8 Å². The SMILES string of the molecule is COc1cc2nc(NCCCCNC(=O)CC(C)C)c3nnc(C)n3c2cc1NC(=S)NC(C)C. The average Bonchev–Trinajstić information content (AvgIpc) is 3.16. The van der Waals surface area contributed by atoms with Crippen LogP contribution in [0, 0.1) is 12.8 Å². The van der Waals surface area contributed by atoms with Crippen LogP contribution >= 0.6 is 12.2 Å². The lowest BCUT2D eigenvalue weighted by atomic mass is 10.1. The number of rotatable bonds is 11. The number of nitrogens with zero attached hydrogens (tertiary/aromatic N) is 4. The Morgan fingerprint density at radius 2 is 1.89 bits per heavy atom. The molecule has 3 aromatic rings. The summed E-state index contributed by atoms with van der Waals surface area (Å²) in [7, 11) is 1.62. The van der Waals surface area contributed by atoms with Gasteiger partial charge in [-0.3, -0.25) is 9.20 Å². The van der Waals surface area contributed by atoms with Gasteiger partial charge in [0, 0.05) is 31.6 Å². The maximum atomic E-state index is 11.8. The molecule has 0 radical (unpaired) electrons. The summed E-state index contributed by atoms with van der Waals surface area (Å²) in [5.74, 6) is 2.51. The Hall–Kier alpha value is -3.21.